The third-order valence-electron chi connectivity index (χ3n) is 2.82. The number of amides is 2. The predicted molar refractivity (Wildman–Crippen MR) is 77.6 cm³/mol. The molecule has 5 nitrogen and oxygen atoms in total. The largest absolute Gasteiger partial charge is 0.467 e. The van der Waals surface area contributed by atoms with E-state index in [1.165, 1.54) is 11.1 Å². The van der Waals surface area contributed by atoms with Crippen LogP contribution in [0.5, 0.6) is 0 Å². The zero-order chi connectivity index (χ0) is 14.4. The molecule has 0 aromatic carbocycles. The lowest BCUT2D eigenvalue weighted by atomic mass is 10.3. The number of aliphatic hydroxyl groups is 1. The van der Waals surface area contributed by atoms with E-state index in [9.17, 15) is 9.90 Å². The number of carbonyl (C=O) groups excluding carboxylic acids is 1. The normalized spacial score (nSPS) is 12.1. The van der Waals surface area contributed by atoms with Gasteiger partial charge in [-0.05, 0) is 30.7 Å². The molecule has 0 saturated carbocycles. The maximum absolute atomic E-state index is 11.6. The van der Waals surface area contributed by atoms with Crippen molar-refractivity contribution in [2.24, 2.45) is 0 Å². The lowest BCUT2D eigenvalue weighted by molar-refractivity contribution is 0.148. The number of aryl methyl sites for hydroxylation is 1. The van der Waals surface area contributed by atoms with Gasteiger partial charge in [0.15, 0.2) is 0 Å². The monoisotopic (exact) mass is 294 g/mol. The molecule has 1 atom stereocenters. The molecule has 3 N–H and O–H groups in total. The Morgan fingerprint density at radius 2 is 2.15 bits per heavy atom. The number of urea groups is 1. The van der Waals surface area contributed by atoms with E-state index in [-0.39, 0.29) is 12.6 Å². The second kappa shape index (κ2) is 7.12. The van der Waals surface area contributed by atoms with Crippen LogP contribution in [0, 0.1) is 0 Å². The summed E-state index contributed by atoms with van der Waals surface area (Å²) in [5.74, 6) is 0.441. The molecule has 2 amide bonds. The number of nitrogens with one attached hydrogen (secondary N) is 2. The molecule has 2 rings (SSSR count). The summed E-state index contributed by atoms with van der Waals surface area (Å²) >= 11 is 1.69. The minimum atomic E-state index is -0.829. The molecule has 1 unspecified atom stereocenters. The van der Waals surface area contributed by atoms with Gasteiger partial charge in [-0.25, -0.2) is 4.79 Å². The number of furan rings is 1. The van der Waals surface area contributed by atoms with Crippen molar-refractivity contribution >= 4 is 17.4 Å². The summed E-state index contributed by atoms with van der Waals surface area (Å²) in [5, 5.41) is 15.1. The van der Waals surface area contributed by atoms with Gasteiger partial charge >= 0.3 is 6.03 Å². The quantitative estimate of drug-likeness (QED) is 0.766. The second-order valence-corrected chi connectivity index (χ2v) is 5.57. The van der Waals surface area contributed by atoms with Crippen molar-refractivity contribution in [3.8, 4) is 0 Å². The molecule has 0 fully saturated rings. The van der Waals surface area contributed by atoms with Crippen LogP contribution in [0.3, 0.4) is 0 Å². The lowest BCUT2D eigenvalue weighted by Gasteiger charge is -2.10. The number of aliphatic hydroxyl groups excluding tert-OH is 1. The minimum Gasteiger partial charge on any atom is -0.467 e. The average Bonchev–Trinajstić information content (AvgIpc) is 3.13. The number of hydrogen-bond acceptors (Lipinski definition) is 4. The minimum absolute atomic E-state index is 0.115. The zero-order valence-electron chi connectivity index (χ0n) is 11.3. The van der Waals surface area contributed by atoms with E-state index in [1.54, 1.807) is 23.5 Å². The van der Waals surface area contributed by atoms with Crippen LogP contribution >= 0.6 is 11.3 Å². The van der Waals surface area contributed by atoms with Crippen LogP contribution in [0.4, 0.5) is 4.79 Å². The Hall–Kier alpha value is -1.79. The average molecular weight is 294 g/mol. The van der Waals surface area contributed by atoms with Gasteiger partial charge in [0.25, 0.3) is 0 Å². The van der Waals surface area contributed by atoms with Gasteiger partial charge in [0.05, 0.1) is 19.4 Å². The SMILES string of the molecule is CCc1ccc(CNC(=O)NCC(O)c2ccco2)s1. The van der Waals surface area contributed by atoms with Crippen LogP contribution in [-0.4, -0.2) is 17.7 Å². The molecule has 0 aliphatic heterocycles. The maximum Gasteiger partial charge on any atom is 0.315 e. The predicted octanol–water partition coefficient (Wildman–Crippen LogP) is 2.44. The van der Waals surface area contributed by atoms with Crippen molar-refractivity contribution in [1.82, 2.24) is 10.6 Å². The third kappa shape index (κ3) is 4.11. The fourth-order valence-electron chi connectivity index (χ4n) is 1.71. The van der Waals surface area contributed by atoms with Crippen LogP contribution < -0.4 is 10.6 Å². The molecule has 2 heterocycles. The lowest BCUT2D eigenvalue weighted by Crippen LogP contribution is -2.37. The summed E-state index contributed by atoms with van der Waals surface area (Å²) < 4.78 is 5.05. The molecule has 2 aromatic heterocycles. The van der Waals surface area contributed by atoms with Crippen molar-refractivity contribution in [2.45, 2.75) is 26.0 Å². The van der Waals surface area contributed by atoms with Crippen LogP contribution in [0.1, 0.15) is 28.5 Å². The van der Waals surface area contributed by atoms with Crippen LogP contribution in [0.15, 0.2) is 34.9 Å². The Bertz CT molecular complexity index is 536. The van der Waals surface area contributed by atoms with Gasteiger partial charge in [-0.3, -0.25) is 0 Å². The molecule has 0 spiro atoms. The molecule has 6 heteroatoms. The standard InChI is InChI=1S/C14H18N2O3S/c1-2-10-5-6-11(20-10)8-15-14(18)16-9-12(17)13-4-3-7-19-13/h3-7,12,17H,2,8-9H2,1H3,(H2,15,16,18). The Morgan fingerprint density at radius 1 is 1.35 bits per heavy atom. The Kier molecular flexibility index (Phi) is 5.20. The van der Waals surface area contributed by atoms with Crippen molar-refractivity contribution < 1.29 is 14.3 Å². The van der Waals surface area contributed by atoms with E-state index in [2.05, 4.69) is 23.6 Å². The van der Waals surface area contributed by atoms with Gasteiger partial charge in [0.2, 0.25) is 0 Å². The topological polar surface area (TPSA) is 74.5 Å². The Morgan fingerprint density at radius 3 is 2.80 bits per heavy atom. The summed E-state index contributed by atoms with van der Waals surface area (Å²) in [6.45, 7) is 2.71. The van der Waals surface area contributed by atoms with E-state index in [0.717, 1.165) is 11.3 Å². The molecule has 0 aliphatic carbocycles. The van der Waals surface area contributed by atoms with Gasteiger partial charge in [-0.2, -0.15) is 0 Å². The van der Waals surface area contributed by atoms with Gasteiger partial charge in [0.1, 0.15) is 11.9 Å². The number of hydrogen-bond donors (Lipinski definition) is 3. The van der Waals surface area contributed by atoms with Crippen molar-refractivity contribution in [2.75, 3.05) is 6.54 Å². The van der Waals surface area contributed by atoms with Crippen molar-refractivity contribution in [3.63, 3.8) is 0 Å². The molecule has 0 bridgehead atoms. The molecule has 2 aromatic rings. The van der Waals surface area contributed by atoms with E-state index in [1.807, 2.05) is 6.07 Å². The summed E-state index contributed by atoms with van der Waals surface area (Å²) in [5.41, 5.74) is 0. The van der Waals surface area contributed by atoms with E-state index in [4.69, 9.17) is 4.42 Å². The fraction of sp³-hybridized carbons (Fsp3) is 0.357. The third-order valence-corrected chi connectivity index (χ3v) is 4.05. The molecule has 108 valence electrons. The van der Waals surface area contributed by atoms with Gasteiger partial charge in [-0.15, -0.1) is 11.3 Å². The first-order valence-corrected chi connectivity index (χ1v) is 7.31. The summed E-state index contributed by atoms with van der Waals surface area (Å²) in [6, 6.07) is 7.15. The second-order valence-electron chi connectivity index (χ2n) is 4.32. The molecule has 20 heavy (non-hydrogen) atoms. The number of thiophene rings is 1. The molecular formula is C14H18N2O3S. The highest BCUT2D eigenvalue weighted by atomic mass is 32.1. The maximum atomic E-state index is 11.6. The summed E-state index contributed by atoms with van der Waals surface area (Å²) in [6.07, 6.45) is 1.66. The van der Waals surface area contributed by atoms with E-state index >= 15 is 0 Å². The highest BCUT2D eigenvalue weighted by Gasteiger charge is 2.11. The summed E-state index contributed by atoms with van der Waals surface area (Å²) in [7, 11) is 0. The molecule has 0 radical (unpaired) electrons. The smallest absolute Gasteiger partial charge is 0.315 e. The zero-order valence-corrected chi connectivity index (χ0v) is 12.1. The molecule has 0 aliphatic rings. The fourth-order valence-corrected chi connectivity index (χ4v) is 2.61. The first-order chi connectivity index (χ1) is 9.69. The number of rotatable bonds is 6. The van der Waals surface area contributed by atoms with Crippen LogP contribution in [-0.2, 0) is 13.0 Å². The summed E-state index contributed by atoms with van der Waals surface area (Å²) in [4.78, 5) is 14.0. The van der Waals surface area contributed by atoms with E-state index in [0.29, 0.717) is 12.3 Å². The highest BCUT2D eigenvalue weighted by Crippen LogP contribution is 2.16. The Labute approximate surface area is 121 Å². The molecule has 0 saturated heterocycles. The number of carbonyl (C=O) groups is 1. The Balaban J connectivity index is 1.70. The van der Waals surface area contributed by atoms with Gasteiger partial charge < -0.3 is 20.2 Å². The van der Waals surface area contributed by atoms with E-state index < -0.39 is 6.10 Å². The van der Waals surface area contributed by atoms with Crippen LogP contribution in [0.2, 0.25) is 0 Å². The molecular weight excluding hydrogens is 276 g/mol. The highest BCUT2D eigenvalue weighted by molar-refractivity contribution is 7.11. The first kappa shape index (κ1) is 14.6. The van der Waals surface area contributed by atoms with Gasteiger partial charge in [-0.1, -0.05) is 6.92 Å². The van der Waals surface area contributed by atoms with Crippen LogP contribution in [0.25, 0.3) is 0 Å². The van der Waals surface area contributed by atoms with Gasteiger partial charge in [0, 0.05) is 9.75 Å². The first-order valence-electron chi connectivity index (χ1n) is 6.49. The van der Waals surface area contributed by atoms with Crippen molar-refractivity contribution in [3.05, 3.63) is 46.0 Å². The van der Waals surface area contributed by atoms with Crippen molar-refractivity contribution in [1.29, 1.82) is 0 Å².